The molecule has 0 aliphatic carbocycles. The predicted molar refractivity (Wildman–Crippen MR) is 73.6 cm³/mol. The Morgan fingerprint density at radius 1 is 1.28 bits per heavy atom. The smallest absolute Gasteiger partial charge is 0.220 e. The number of methoxy groups -OCH3 is 1. The number of hydrogen-bond donors (Lipinski definition) is 1. The van der Waals surface area contributed by atoms with Crippen molar-refractivity contribution in [3.05, 3.63) is 29.8 Å². The molecule has 1 N–H and O–H groups in total. The molecule has 3 nitrogen and oxygen atoms in total. The van der Waals surface area contributed by atoms with Crippen LogP contribution in [0.5, 0.6) is 5.75 Å². The van der Waals surface area contributed by atoms with Crippen LogP contribution in [0.4, 0.5) is 0 Å². The Bertz CT molecular complexity index is 371. The van der Waals surface area contributed by atoms with Crippen molar-refractivity contribution < 1.29 is 9.53 Å². The molecule has 0 radical (unpaired) electrons. The third-order valence-electron chi connectivity index (χ3n) is 2.88. The van der Waals surface area contributed by atoms with E-state index < -0.39 is 0 Å². The Hall–Kier alpha value is -1.51. The SMILES string of the molecule is CCC(=O)N[C@H](CC(C)C)c1ccc(OC)cc1. The summed E-state index contributed by atoms with van der Waals surface area (Å²) in [4.78, 5) is 11.6. The molecular weight excluding hydrogens is 226 g/mol. The Morgan fingerprint density at radius 2 is 1.89 bits per heavy atom. The average Bonchev–Trinajstić information content (AvgIpc) is 2.37. The van der Waals surface area contributed by atoms with Crippen molar-refractivity contribution in [2.45, 2.75) is 39.7 Å². The maximum atomic E-state index is 11.6. The van der Waals surface area contributed by atoms with Gasteiger partial charge in [-0.2, -0.15) is 0 Å². The van der Waals surface area contributed by atoms with Crippen molar-refractivity contribution in [2.24, 2.45) is 5.92 Å². The Balaban J connectivity index is 2.82. The number of rotatable bonds is 6. The lowest BCUT2D eigenvalue weighted by Crippen LogP contribution is -2.28. The van der Waals surface area contributed by atoms with E-state index in [1.54, 1.807) is 7.11 Å². The Morgan fingerprint density at radius 3 is 2.33 bits per heavy atom. The highest BCUT2D eigenvalue weighted by Crippen LogP contribution is 2.23. The number of ether oxygens (including phenoxy) is 1. The normalized spacial score (nSPS) is 12.3. The first-order valence-corrected chi connectivity index (χ1v) is 6.50. The molecule has 0 aromatic heterocycles. The molecule has 0 aliphatic heterocycles. The van der Waals surface area contributed by atoms with E-state index >= 15 is 0 Å². The lowest BCUT2D eigenvalue weighted by Gasteiger charge is -2.21. The number of hydrogen-bond acceptors (Lipinski definition) is 2. The van der Waals surface area contributed by atoms with Crippen LogP contribution in [0.3, 0.4) is 0 Å². The number of benzene rings is 1. The van der Waals surface area contributed by atoms with E-state index in [1.165, 1.54) is 0 Å². The van der Waals surface area contributed by atoms with Crippen LogP contribution in [0.2, 0.25) is 0 Å². The van der Waals surface area contributed by atoms with Crippen LogP contribution in [0.25, 0.3) is 0 Å². The summed E-state index contributed by atoms with van der Waals surface area (Å²) >= 11 is 0. The zero-order valence-corrected chi connectivity index (χ0v) is 11.7. The van der Waals surface area contributed by atoms with E-state index in [1.807, 2.05) is 31.2 Å². The predicted octanol–water partition coefficient (Wildman–Crippen LogP) is 3.31. The summed E-state index contributed by atoms with van der Waals surface area (Å²) in [7, 11) is 1.65. The second kappa shape index (κ2) is 7.04. The minimum Gasteiger partial charge on any atom is -0.497 e. The minimum atomic E-state index is 0.0864. The molecule has 0 aliphatic rings. The molecule has 0 fully saturated rings. The molecule has 0 saturated carbocycles. The summed E-state index contributed by atoms with van der Waals surface area (Å²) in [6.07, 6.45) is 1.46. The molecule has 100 valence electrons. The molecule has 1 amide bonds. The molecule has 1 aromatic carbocycles. The van der Waals surface area contributed by atoms with E-state index in [0.717, 1.165) is 17.7 Å². The van der Waals surface area contributed by atoms with Gasteiger partial charge < -0.3 is 10.1 Å². The van der Waals surface area contributed by atoms with Gasteiger partial charge in [-0.25, -0.2) is 0 Å². The summed E-state index contributed by atoms with van der Waals surface area (Å²) in [5.41, 5.74) is 1.13. The van der Waals surface area contributed by atoms with Gasteiger partial charge in [-0.3, -0.25) is 4.79 Å². The molecule has 18 heavy (non-hydrogen) atoms. The largest absolute Gasteiger partial charge is 0.497 e. The molecule has 0 unspecified atom stereocenters. The van der Waals surface area contributed by atoms with Crippen LogP contribution in [-0.4, -0.2) is 13.0 Å². The van der Waals surface area contributed by atoms with Gasteiger partial charge in [0.2, 0.25) is 5.91 Å². The van der Waals surface area contributed by atoms with E-state index in [0.29, 0.717) is 12.3 Å². The van der Waals surface area contributed by atoms with Gasteiger partial charge in [0.05, 0.1) is 13.2 Å². The molecule has 0 bridgehead atoms. The second-order valence-corrected chi connectivity index (χ2v) is 4.88. The molecule has 1 rings (SSSR count). The zero-order chi connectivity index (χ0) is 13.5. The molecule has 0 heterocycles. The van der Waals surface area contributed by atoms with Crippen molar-refractivity contribution in [2.75, 3.05) is 7.11 Å². The van der Waals surface area contributed by atoms with Crippen LogP contribution in [0, 0.1) is 5.92 Å². The lowest BCUT2D eigenvalue weighted by atomic mass is 9.97. The second-order valence-electron chi connectivity index (χ2n) is 4.88. The van der Waals surface area contributed by atoms with Crippen LogP contribution in [0.15, 0.2) is 24.3 Å². The maximum Gasteiger partial charge on any atom is 0.220 e. The monoisotopic (exact) mass is 249 g/mol. The van der Waals surface area contributed by atoms with Gasteiger partial charge in [-0.05, 0) is 30.0 Å². The summed E-state index contributed by atoms with van der Waals surface area (Å²) < 4.78 is 5.14. The van der Waals surface area contributed by atoms with Gasteiger partial charge in [-0.1, -0.05) is 32.9 Å². The zero-order valence-electron chi connectivity index (χ0n) is 11.7. The Kier molecular flexibility index (Phi) is 5.69. The first-order chi connectivity index (χ1) is 8.56. The molecule has 3 heteroatoms. The maximum absolute atomic E-state index is 11.6. The number of amides is 1. The highest BCUT2D eigenvalue weighted by atomic mass is 16.5. The van der Waals surface area contributed by atoms with Crippen LogP contribution < -0.4 is 10.1 Å². The van der Waals surface area contributed by atoms with Crippen molar-refractivity contribution >= 4 is 5.91 Å². The molecular formula is C15H23NO2. The van der Waals surface area contributed by atoms with E-state index in [2.05, 4.69) is 19.2 Å². The van der Waals surface area contributed by atoms with Gasteiger partial charge in [0, 0.05) is 6.42 Å². The first kappa shape index (κ1) is 14.6. The van der Waals surface area contributed by atoms with Crippen LogP contribution in [0.1, 0.15) is 45.2 Å². The Labute approximate surface area is 110 Å². The summed E-state index contributed by atoms with van der Waals surface area (Å²) in [5.74, 6) is 1.47. The summed E-state index contributed by atoms with van der Waals surface area (Å²) in [5, 5.41) is 3.07. The van der Waals surface area contributed by atoms with E-state index in [-0.39, 0.29) is 11.9 Å². The summed E-state index contributed by atoms with van der Waals surface area (Å²) in [6, 6.07) is 7.98. The topological polar surface area (TPSA) is 38.3 Å². The van der Waals surface area contributed by atoms with E-state index in [9.17, 15) is 4.79 Å². The fourth-order valence-corrected chi connectivity index (χ4v) is 1.88. The molecule has 1 aromatic rings. The van der Waals surface area contributed by atoms with Crippen LogP contribution >= 0.6 is 0 Å². The third kappa shape index (κ3) is 4.40. The standard InChI is InChI=1S/C15H23NO2/c1-5-15(17)16-14(10-11(2)3)12-6-8-13(18-4)9-7-12/h6-9,11,14H,5,10H2,1-4H3,(H,16,17)/t14-/m1/s1. The van der Waals surface area contributed by atoms with Gasteiger partial charge in [0.25, 0.3) is 0 Å². The van der Waals surface area contributed by atoms with Gasteiger partial charge in [0.1, 0.15) is 5.75 Å². The molecule has 0 spiro atoms. The summed E-state index contributed by atoms with van der Waals surface area (Å²) in [6.45, 7) is 6.19. The minimum absolute atomic E-state index is 0.0864. The molecule has 1 atom stereocenters. The number of carbonyl (C=O) groups is 1. The first-order valence-electron chi connectivity index (χ1n) is 6.50. The van der Waals surface area contributed by atoms with Crippen molar-refractivity contribution in [3.63, 3.8) is 0 Å². The third-order valence-corrected chi connectivity index (χ3v) is 2.88. The fraction of sp³-hybridized carbons (Fsp3) is 0.533. The van der Waals surface area contributed by atoms with Crippen molar-refractivity contribution in [1.82, 2.24) is 5.32 Å². The lowest BCUT2D eigenvalue weighted by molar-refractivity contribution is -0.121. The highest BCUT2D eigenvalue weighted by Gasteiger charge is 2.15. The van der Waals surface area contributed by atoms with Gasteiger partial charge >= 0.3 is 0 Å². The van der Waals surface area contributed by atoms with Crippen molar-refractivity contribution in [3.8, 4) is 5.75 Å². The number of carbonyl (C=O) groups excluding carboxylic acids is 1. The quantitative estimate of drug-likeness (QED) is 0.840. The van der Waals surface area contributed by atoms with Gasteiger partial charge in [-0.15, -0.1) is 0 Å². The highest BCUT2D eigenvalue weighted by molar-refractivity contribution is 5.76. The van der Waals surface area contributed by atoms with Gasteiger partial charge in [0.15, 0.2) is 0 Å². The number of nitrogens with one attached hydrogen (secondary N) is 1. The van der Waals surface area contributed by atoms with E-state index in [4.69, 9.17) is 4.74 Å². The van der Waals surface area contributed by atoms with Crippen molar-refractivity contribution in [1.29, 1.82) is 0 Å². The average molecular weight is 249 g/mol. The fourth-order valence-electron chi connectivity index (χ4n) is 1.88. The molecule has 0 saturated heterocycles. The van der Waals surface area contributed by atoms with Crippen LogP contribution in [-0.2, 0) is 4.79 Å².